The van der Waals surface area contributed by atoms with E-state index >= 15 is 0 Å². The number of methoxy groups -OCH3 is 1. The van der Waals surface area contributed by atoms with Gasteiger partial charge >= 0.3 is 0 Å². The third-order valence-corrected chi connectivity index (χ3v) is 5.02. The van der Waals surface area contributed by atoms with Gasteiger partial charge in [0.05, 0.1) is 18.9 Å². The maximum atomic E-state index is 12.1. The Morgan fingerprint density at radius 1 is 1.35 bits per heavy atom. The van der Waals surface area contributed by atoms with Gasteiger partial charge in [0.1, 0.15) is 0 Å². The summed E-state index contributed by atoms with van der Waals surface area (Å²) in [7, 11) is 1.65. The Kier molecular flexibility index (Phi) is 8.41. The van der Waals surface area contributed by atoms with Gasteiger partial charge in [-0.05, 0) is 37.6 Å². The van der Waals surface area contributed by atoms with Crippen molar-refractivity contribution >= 4 is 29.3 Å². The average Bonchev–Trinajstić information content (AvgIpc) is 3.01. The van der Waals surface area contributed by atoms with Gasteiger partial charge in [-0.2, -0.15) is 0 Å². The Bertz CT molecular complexity index is 706. The minimum atomic E-state index is 0.00489. The van der Waals surface area contributed by atoms with Crippen molar-refractivity contribution in [3.63, 3.8) is 0 Å². The number of hydrogen-bond donors (Lipinski definition) is 1. The number of hydrogen-bond acceptors (Lipinski definition) is 5. The summed E-state index contributed by atoms with van der Waals surface area (Å²) in [4.78, 5) is 12.1. The number of nitrogens with zero attached hydrogens (tertiary/aromatic N) is 3. The van der Waals surface area contributed by atoms with Crippen molar-refractivity contribution in [3.8, 4) is 11.4 Å². The zero-order chi connectivity index (χ0) is 18.9. The van der Waals surface area contributed by atoms with E-state index in [2.05, 4.69) is 22.4 Å². The third-order valence-electron chi connectivity index (χ3n) is 3.80. The maximum Gasteiger partial charge on any atom is 0.230 e. The van der Waals surface area contributed by atoms with Gasteiger partial charge in [-0.15, -0.1) is 10.2 Å². The fourth-order valence-electron chi connectivity index (χ4n) is 2.54. The van der Waals surface area contributed by atoms with E-state index in [0.29, 0.717) is 29.1 Å². The normalized spacial score (nSPS) is 12.2. The maximum absolute atomic E-state index is 12.1. The highest BCUT2D eigenvalue weighted by Gasteiger charge is 2.16. The first-order valence-electron chi connectivity index (χ1n) is 8.65. The van der Waals surface area contributed by atoms with Crippen LogP contribution in [0.5, 0.6) is 0 Å². The van der Waals surface area contributed by atoms with Gasteiger partial charge in [-0.3, -0.25) is 9.36 Å². The molecule has 2 rings (SSSR count). The lowest BCUT2D eigenvalue weighted by atomic mass is 10.2. The summed E-state index contributed by atoms with van der Waals surface area (Å²) in [5, 5.41) is 12.9. The van der Waals surface area contributed by atoms with Crippen LogP contribution in [-0.2, 0) is 16.1 Å². The molecule has 1 heterocycles. The van der Waals surface area contributed by atoms with Crippen molar-refractivity contribution in [1.29, 1.82) is 0 Å². The molecule has 1 N–H and O–H groups in total. The first-order chi connectivity index (χ1) is 12.5. The first kappa shape index (κ1) is 20.7. The summed E-state index contributed by atoms with van der Waals surface area (Å²) in [6, 6.07) is 7.64. The van der Waals surface area contributed by atoms with Gasteiger partial charge < -0.3 is 10.1 Å². The molecule has 26 heavy (non-hydrogen) atoms. The minimum Gasteiger partial charge on any atom is -0.383 e. The molecule has 1 amide bonds. The molecule has 0 aliphatic rings. The molecule has 0 unspecified atom stereocenters. The third kappa shape index (κ3) is 6.00. The molecule has 0 fully saturated rings. The van der Waals surface area contributed by atoms with E-state index in [-0.39, 0.29) is 11.9 Å². The summed E-state index contributed by atoms with van der Waals surface area (Å²) in [5.74, 6) is 1.05. The first-order valence-corrected chi connectivity index (χ1v) is 10.0. The minimum absolute atomic E-state index is 0.00489. The molecule has 0 saturated carbocycles. The highest BCUT2D eigenvalue weighted by molar-refractivity contribution is 7.99. The molecule has 0 bridgehead atoms. The second-order valence-electron chi connectivity index (χ2n) is 6.00. The molecule has 1 aromatic carbocycles. The lowest BCUT2D eigenvalue weighted by molar-refractivity contribution is -0.119. The second kappa shape index (κ2) is 10.5. The molecule has 0 saturated heterocycles. The van der Waals surface area contributed by atoms with E-state index in [0.717, 1.165) is 24.2 Å². The van der Waals surface area contributed by atoms with E-state index in [4.69, 9.17) is 16.3 Å². The van der Waals surface area contributed by atoms with E-state index in [1.807, 2.05) is 35.8 Å². The van der Waals surface area contributed by atoms with E-state index in [9.17, 15) is 4.79 Å². The fraction of sp³-hybridized carbons (Fsp3) is 0.500. The fourth-order valence-corrected chi connectivity index (χ4v) is 3.45. The van der Waals surface area contributed by atoms with Crippen molar-refractivity contribution in [2.45, 2.75) is 44.4 Å². The molecule has 1 aromatic heterocycles. The largest absolute Gasteiger partial charge is 0.383 e. The molecule has 6 nitrogen and oxygen atoms in total. The predicted molar refractivity (Wildman–Crippen MR) is 106 cm³/mol. The Morgan fingerprint density at radius 2 is 2.08 bits per heavy atom. The summed E-state index contributed by atoms with van der Waals surface area (Å²) in [6.07, 6.45) is 2.02. The Labute approximate surface area is 163 Å². The van der Waals surface area contributed by atoms with Crippen LogP contribution in [0.2, 0.25) is 5.02 Å². The quantitative estimate of drug-likeness (QED) is 0.621. The van der Waals surface area contributed by atoms with Crippen LogP contribution in [0.3, 0.4) is 0 Å². The van der Waals surface area contributed by atoms with Crippen molar-refractivity contribution in [2.24, 2.45) is 0 Å². The summed E-state index contributed by atoms with van der Waals surface area (Å²) < 4.78 is 7.17. The van der Waals surface area contributed by atoms with E-state index < -0.39 is 0 Å². The molecule has 8 heteroatoms. The van der Waals surface area contributed by atoms with Gasteiger partial charge in [0.2, 0.25) is 5.91 Å². The van der Waals surface area contributed by atoms with Gasteiger partial charge in [0.25, 0.3) is 0 Å². The molecule has 0 aliphatic carbocycles. The number of nitrogens with one attached hydrogen (secondary N) is 1. The van der Waals surface area contributed by atoms with Crippen LogP contribution in [0.15, 0.2) is 29.4 Å². The van der Waals surface area contributed by atoms with Crippen LogP contribution >= 0.6 is 23.4 Å². The number of thioether (sulfide) groups is 1. The number of rotatable bonds is 10. The summed E-state index contributed by atoms with van der Waals surface area (Å²) >= 11 is 7.34. The summed E-state index contributed by atoms with van der Waals surface area (Å²) in [6.45, 7) is 5.27. The van der Waals surface area contributed by atoms with Gasteiger partial charge in [-0.25, -0.2) is 0 Å². The lowest BCUT2D eigenvalue weighted by Crippen LogP contribution is -2.33. The van der Waals surface area contributed by atoms with Crippen LogP contribution in [0, 0.1) is 0 Å². The van der Waals surface area contributed by atoms with Crippen LogP contribution in [0.1, 0.15) is 26.7 Å². The zero-order valence-electron chi connectivity index (χ0n) is 15.4. The Balaban J connectivity index is 2.10. The topological polar surface area (TPSA) is 69.0 Å². The van der Waals surface area contributed by atoms with E-state index in [1.54, 1.807) is 7.11 Å². The Hall–Kier alpha value is -1.57. The Morgan fingerprint density at radius 3 is 2.73 bits per heavy atom. The monoisotopic (exact) mass is 396 g/mol. The molecule has 0 radical (unpaired) electrons. The van der Waals surface area contributed by atoms with Crippen LogP contribution in [0.4, 0.5) is 0 Å². The highest BCUT2D eigenvalue weighted by Crippen LogP contribution is 2.25. The highest BCUT2D eigenvalue weighted by atomic mass is 35.5. The molecule has 0 spiro atoms. The summed E-state index contributed by atoms with van der Waals surface area (Å²) in [5.41, 5.74) is 0.922. The average molecular weight is 397 g/mol. The molecular weight excluding hydrogens is 372 g/mol. The number of halogens is 1. The van der Waals surface area contributed by atoms with Crippen molar-refractivity contribution < 1.29 is 9.53 Å². The van der Waals surface area contributed by atoms with Gasteiger partial charge in [0.15, 0.2) is 11.0 Å². The van der Waals surface area contributed by atoms with Gasteiger partial charge in [0, 0.05) is 23.7 Å². The lowest BCUT2D eigenvalue weighted by Gasteiger charge is -2.13. The van der Waals surface area contributed by atoms with E-state index in [1.165, 1.54) is 11.8 Å². The molecule has 1 atom stereocenters. The smallest absolute Gasteiger partial charge is 0.230 e. The SMILES string of the molecule is CCC[C@@H](C)NC(=O)CSc1nnc(-c2ccc(Cl)cc2)n1CCOC. The molecule has 142 valence electrons. The number of benzene rings is 1. The van der Waals surface area contributed by atoms with Crippen molar-refractivity contribution in [2.75, 3.05) is 19.5 Å². The number of aromatic nitrogens is 3. The van der Waals surface area contributed by atoms with Crippen LogP contribution in [0.25, 0.3) is 11.4 Å². The number of carbonyl (C=O) groups is 1. The second-order valence-corrected chi connectivity index (χ2v) is 7.38. The van der Waals surface area contributed by atoms with Crippen LogP contribution < -0.4 is 5.32 Å². The van der Waals surface area contributed by atoms with Crippen molar-refractivity contribution in [1.82, 2.24) is 20.1 Å². The predicted octanol–water partition coefficient (Wildman–Crippen LogP) is 3.64. The molecule has 2 aromatic rings. The molecule has 0 aliphatic heterocycles. The number of carbonyl (C=O) groups excluding carboxylic acids is 1. The number of ether oxygens (including phenoxy) is 1. The number of amides is 1. The molecular formula is C18H25ClN4O2S. The zero-order valence-corrected chi connectivity index (χ0v) is 16.9. The van der Waals surface area contributed by atoms with Crippen LogP contribution in [-0.4, -0.2) is 46.2 Å². The van der Waals surface area contributed by atoms with Crippen molar-refractivity contribution in [3.05, 3.63) is 29.3 Å². The van der Waals surface area contributed by atoms with Gasteiger partial charge in [-0.1, -0.05) is 36.7 Å². The standard InChI is InChI=1S/C18H25ClN4O2S/c1-4-5-13(2)20-16(24)12-26-18-22-21-17(23(18)10-11-25-3)14-6-8-15(19)9-7-14/h6-9,13H,4-5,10-12H2,1-3H3,(H,20,24)/t13-/m1/s1.